The van der Waals surface area contributed by atoms with Crippen LogP contribution in [0.5, 0.6) is 0 Å². The van der Waals surface area contributed by atoms with Gasteiger partial charge in [0.05, 0.1) is 6.54 Å². The first-order valence-electron chi connectivity index (χ1n) is 10.7. The standard InChI is InChI=1S/C23H28BrNO10/c1-12(26)25-10-19(35-23(25)17-7-6-8-18(24)9-17)21(33-15(4)29)22(34-16(5)30)20(32-14(3)28)11-31-13(2)27/h6-9,19-23H,10-11H2,1-5H3/t19-,20+,21+,22+,23-/m0/s1. The van der Waals surface area contributed by atoms with Gasteiger partial charge in [-0.2, -0.15) is 0 Å². The second-order valence-electron chi connectivity index (χ2n) is 7.85. The smallest absolute Gasteiger partial charge is 0.303 e. The van der Waals surface area contributed by atoms with Gasteiger partial charge in [0.25, 0.3) is 0 Å². The highest BCUT2D eigenvalue weighted by Crippen LogP contribution is 2.35. The molecule has 0 radical (unpaired) electrons. The van der Waals surface area contributed by atoms with Crippen LogP contribution < -0.4 is 0 Å². The van der Waals surface area contributed by atoms with E-state index in [1.807, 2.05) is 6.07 Å². The van der Waals surface area contributed by atoms with Crippen LogP contribution in [0.3, 0.4) is 0 Å². The highest BCUT2D eigenvalue weighted by Gasteiger charge is 2.48. The van der Waals surface area contributed by atoms with Crippen LogP contribution in [0.25, 0.3) is 0 Å². The molecule has 1 aromatic rings. The van der Waals surface area contributed by atoms with Gasteiger partial charge in [-0.05, 0) is 12.1 Å². The molecule has 2 rings (SSSR count). The van der Waals surface area contributed by atoms with E-state index in [9.17, 15) is 24.0 Å². The van der Waals surface area contributed by atoms with E-state index in [0.717, 1.165) is 32.2 Å². The molecule has 0 aromatic heterocycles. The molecule has 1 aromatic carbocycles. The van der Waals surface area contributed by atoms with Crippen molar-refractivity contribution >= 4 is 45.7 Å². The summed E-state index contributed by atoms with van der Waals surface area (Å²) < 4.78 is 28.0. The molecule has 5 atom stereocenters. The first kappa shape index (κ1) is 28.2. The van der Waals surface area contributed by atoms with Gasteiger partial charge >= 0.3 is 23.9 Å². The summed E-state index contributed by atoms with van der Waals surface area (Å²) in [6.45, 7) is 5.42. The number of hydrogen-bond donors (Lipinski definition) is 0. The topological polar surface area (TPSA) is 135 Å². The van der Waals surface area contributed by atoms with Crippen LogP contribution >= 0.6 is 15.9 Å². The van der Waals surface area contributed by atoms with Crippen molar-refractivity contribution in [3.8, 4) is 0 Å². The van der Waals surface area contributed by atoms with E-state index >= 15 is 0 Å². The first-order chi connectivity index (χ1) is 16.4. The van der Waals surface area contributed by atoms with E-state index in [0.29, 0.717) is 5.56 Å². The summed E-state index contributed by atoms with van der Waals surface area (Å²) in [7, 11) is 0. The Kier molecular flexibility index (Phi) is 10.2. The van der Waals surface area contributed by atoms with Gasteiger partial charge in [0, 0.05) is 44.7 Å². The molecule has 1 aliphatic rings. The predicted octanol–water partition coefficient (Wildman–Crippen LogP) is 2.05. The number of carbonyl (C=O) groups excluding carboxylic acids is 5. The van der Waals surface area contributed by atoms with Gasteiger partial charge < -0.3 is 28.6 Å². The summed E-state index contributed by atoms with van der Waals surface area (Å²) in [4.78, 5) is 61.0. The molecule has 0 unspecified atom stereocenters. The third kappa shape index (κ3) is 8.32. The largest absolute Gasteiger partial charge is 0.462 e. The molecule has 1 heterocycles. The minimum absolute atomic E-state index is 0.0252. The molecule has 12 heteroatoms. The Labute approximate surface area is 211 Å². The molecule has 192 valence electrons. The average Bonchev–Trinajstić information content (AvgIpc) is 3.18. The zero-order chi connectivity index (χ0) is 26.3. The fraction of sp³-hybridized carbons (Fsp3) is 0.522. The molecular weight excluding hydrogens is 530 g/mol. The third-order valence-corrected chi connectivity index (χ3v) is 5.42. The lowest BCUT2D eigenvalue weighted by Gasteiger charge is -2.34. The number of hydrogen-bond acceptors (Lipinski definition) is 10. The van der Waals surface area contributed by atoms with Crippen molar-refractivity contribution < 1.29 is 47.7 Å². The quantitative estimate of drug-likeness (QED) is 0.327. The second kappa shape index (κ2) is 12.6. The Morgan fingerprint density at radius 2 is 1.60 bits per heavy atom. The molecule has 1 amide bonds. The van der Waals surface area contributed by atoms with Crippen LogP contribution in [0.2, 0.25) is 0 Å². The average molecular weight is 558 g/mol. The minimum Gasteiger partial charge on any atom is -0.462 e. The zero-order valence-corrected chi connectivity index (χ0v) is 21.6. The Morgan fingerprint density at radius 3 is 2.11 bits per heavy atom. The van der Waals surface area contributed by atoms with Crippen molar-refractivity contribution in [3.05, 3.63) is 34.3 Å². The molecule has 0 bridgehead atoms. The van der Waals surface area contributed by atoms with Gasteiger partial charge in [0.15, 0.2) is 24.5 Å². The summed E-state index contributed by atoms with van der Waals surface area (Å²) in [6.07, 6.45) is -5.84. The number of amides is 1. The molecular formula is C23H28BrNO10. The highest BCUT2D eigenvalue weighted by molar-refractivity contribution is 9.10. The molecule has 0 saturated carbocycles. The highest BCUT2D eigenvalue weighted by atomic mass is 79.9. The SMILES string of the molecule is CC(=O)OC[C@@H](OC(C)=O)[C@@H](OC(C)=O)[C@H](OC(C)=O)[C@@H]1CN(C(C)=O)[C@H](c2cccc(Br)c2)O1. The fourth-order valence-electron chi connectivity index (χ4n) is 3.67. The molecule has 1 fully saturated rings. The van der Waals surface area contributed by atoms with Crippen LogP contribution in [-0.4, -0.2) is 72.3 Å². The van der Waals surface area contributed by atoms with Crippen LogP contribution in [0.1, 0.15) is 46.4 Å². The lowest BCUT2D eigenvalue weighted by molar-refractivity contribution is -0.200. The third-order valence-electron chi connectivity index (χ3n) is 4.93. The van der Waals surface area contributed by atoms with Crippen LogP contribution in [0.15, 0.2) is 28.7 Å². The summed E-state index contributed by atoms with van der Waals surface area (Å²) >= 11 is 3.39. The lowest BCUT2D eigenvalue weighted by Crippen LogP contribution is -2.53. The number of carbonyl (C=O) groups is 5. The Hall–Kier alpha value is -2.99. The van der Waals surface area contributed by atoms with Crippen LogP contribution in [-0.2, 0) is 47.7 Å². The summed E-state index contributed by atoms with van der Waals surface area (Å²) in [5.41, 5.74) is 0.652. The van der Waals surface area contributed by atoms with E-state index in [4.69, 9.17) is 23.7 Å². The lowest BCUT2D eigenvalue weighted by atomic mass is 10.0. The molecule has 1 aliphatic heterocycles. The first-order valence-corrected chi connectivity index (χ1v) is 11.5. The summed E-state index contributed by atoms with van der Waals surface area (Å²) in [5, 5.41) is 0. The van der Waals surface area contributed by atoms with Crippen LogP contribution in [0.4, 0.5) is 0 Å². The Balaban J connectivity index is 2.48. The van der Waals surface area contributed by atoms with Gasteiger partial charge in [-0.1, -0.05) is 28.1 Å². The number of benzene rings is 1. The molecule has 35 heavy (non-hydrogen) atoms. The van der Waals surface area contributed by atoms with E-state index in [2.05, 4.69) is 15.9 Å². The van der Waals surface area contributed by atoms with E-state index in [1.54, 1.807) is 18.2 Å². The minimum atomic E-state index is -1.40. The molecule has 1 saturated heterocycles. The zero-order valence-electron chi connectivity index (χ0n) is 20.0. The maximum Gasteiger partial charge on any atom is 0.303 e. The van der Waals surface area contributed by atoms with Gasteiger partial charge in [-0.15, -0.1) is 0 Å². The number of ether oxygens (including phenoxy) is 5. The maximum atomic E-state index is 12.4. The van der Waals surface area contributed by atoms with Crippen molar-refractivity contribution in [2.75, 3.05) is 13.2 Å². The summed E-state index contributed by atoms with van der Waals surface area (Å²) in [6, 6.07) is 7.12. The second-order valence-corrected chi connectivity index (χ2v) is 8.77. The molecule has 0 aliphatic carbocycles. The normalized spacial score (nSPS) is 19.8. The summed E-state index contributed by atoms with van der Waals surface area (Å²) in [5.74, 6) is -3.21. The van der Waals surface area contributed by atoms with Crippen molar-refractivity contribution in [1.82, 2.24) is 4.90 Å². The Bertz CT molecular complexity index is 967. The molecule has 11 nitrogen and oxygen atoms in total. The molecule has 0 N–H and O–H groups in total. The van der Waals surface area contributed by atoms with Gasteiger partial charge in [-0.25, -0.2) is 0 Å². The molecule has 0 spiro atoms. The van der Waals surface area contributed by atoms with E-state index in [1.165, 1.54) is 11.8 Å². The van der Waals surface area contributed by atoms with E-state index in [-0.39, 0.29) is 12.5 Å². The fourth-order valence-corrected chi connectivity index (χ4v) is 4.08. The predicted molar refractivity (Wildman–Crippen MR) is 122 cm³/mol. The van der Waals surface area contributed by atoms with Gasteiger partial charge in [0.2, 0.25) is 5.91 Å². The maximum absolute atomic E-state index is 12.4. The monoisotopic (exact) mass is 557 g/mol. The van der Waals surface area contributed by atoms with E-state index < -0.39 is 61.1 Å². The van der Waals surface area contributed by atoms with Crippen molar-refractivity contribution in [1.29, 1.82) is 0 Å². The number of nitrogens with zero attached hydrogens (tertiary/aromatic N) is 1. The Morgan fingerprint density at radius 1 is 0.971 bits per heavy atom. The van der Waals surface area contributed by atoms with Gasteiger partial charge in [0.1, 0.15) is 12.7 Å². The number of esters is 4. The van der Waals surface area contributed by atoms with Crippen LogP contribution in [0, 0.1) is 0 Å². The van der Waals surface area contributed by atoms with Crippen molar-refractivity contribution in [2.24, 2.45) is 0 Å². The van der Waals surface area contributed by atoms with Gasteiger partial charge in [-0.3, -0.25) is 24.0 Å². The number of halogens is 1. The van der Waals surface area contributed by atoms with Crippen molar-refractivity contribution in [2.45, 2.75) is 65.3 Å². The van der Waals surface area contributed by atoms with Crippen molar-refractivity contribution in [3.63, 3.8) is 0 Å². The number of rotatable bonds is 9.